The van der Waals surface area contributed by atoms with Crippen LogP contribution in [0.4, 0.5) is 5.82 Å². The zero-order chi connectivity index (χ0) is 12.7. The maximum Gasteiger partial charge on any atom is 0.131 e. The maximum atomic E-state index is 6.26. The summed E-state index contributed by atoms with van der Waals surface area (Å²) in [4.78, 5) is 4.78. The molecule has 1 aromatic heterocycles. The van der Waals surface area contributed by atoms with Crippen LogP contribution in [0.1, 0.15) is 31.5 Å². The average molecular weight is 306 g/mol. The Morgan fingerprint density at radius 1 is 1.39 bits per heavy atom. The van der Waals surface area contributed by atoms with Crippen LogP contribution >= 0.6 is 15.9 Å². The minimum atomic E-state index is 0.614. The number of hydrogen-bond donors (Lipinski definition) is 1. The van der Waals surface area contributed by atoms with Crippen molar-refractivity contribution in [1.29, 1.82) is 0 Å². The van der Waals surface area contributed by atoms with Crippen LogP contribution in [-0.4, -0.2) is 9.55 Å². The predicted molar refractivity (Wildman–Crippen MR) is 77.4 cm³/mol. The minimum absolute atomic E-state index is 0.614. The van der Waals surface area contributed by atoms with E-state index in [4.69, 9.17) is 10.7 Å². The van der Waals surface area contributed by atoms with Crippen molar-refractivity contribution in [3.05, 3.63) is 34.6 Å². The van der Waals surface area contributed by atoms with Gasteiger partial charge in [0.1, 0.15) is 17.3 Å². The van der Waals surface area contributed by atoms with E-state index < -0.39 is 0 Å². The molecular formula is C14H16BrN3. The van der Waals surface area contributed by atoms with Crippen molar-refractivity contribution >= 4 is 21.7 Å². The van der Waals surface area contributed by atoms with E-state index in [-0.39, 0.29) is 0 Å². The molecule has 0 bridgehead atoms. The lowest BCUT2D eigenvalue weighted by atomic mass is 10.1. The molecule has 0 spiro atoms. The standard InChI is InChI=1S/C14H16BrN3/c1-2-18-13(16)12(17-14(18)9-7-8-9)10-5-3-4-6-11(10)15/h3-6,9H,2,7-8,16H2,1H3. The third-order valence-electron chi connectivity index (χ3n) is 3.42. The second-order valence-electron chi connectivity index (χ2n) is 4.70. The summed E-state index contributed by atoms with van der Waals surface area (Å²) in [5.74, 6) is 2.55. The van der Waals surface area contributed by atoms with Crippen LogP contribution in [0.3, 0.4) is 0 Å². The van der Waals surface area contributed by atoms with E-state index in [2.05, 4.69) is 33.5 Å². The highest BCUT2D eigenvalue weighted by molar-refractivity contribution is 9.10. The fourth-order valence-electron chi connectivity index (χ4n) is 2.32. The molecule has 0 atom stereocenters. The van der Waals surface area contributed by atoms with Gasteiger partial charge in [-0.15, -0.1) is 0 Å². The topological polar surface area (TPSA) is 43.8 Å². The van der Waals surface area contributed by atoms with Crippen molar-refractivity contribution in [3.63, 3.8) is 0 Å². The first-order chi connectivity index (χ1) is 8.72. The summed E-state index contributed by atoms with van der Waals surface area (Å²) in [7, 11) is 0. The number of nitrogens with zero attached hydrogens (tertiary/aromatic N) is 2. The highest BCUT2D eigenvalue weighted by Crippen LogP contribution is 2.42. The molecule has 1 aromatic carbocycles. The number of imidazole rings is 1. The summed E-state index contributed by atoms with van der Waals surface area (Å²) in [5.41, 5.74) is 8.24. The summed E-state index contributed by atoms with van der Waals surface area (Å²) in [6, 6.07) is 8.10. The van der Waals surface area contributed by atoms with E-state index in [0.717, 1.165) is 33.9 Å². The van der Waals surface area contributed by atoms with Gasteiger partial charge in [-0.05, 0) is 25.8 Å². The van der Waals surface area contributed by atoms with Gasteiger partial charge in [-0.2, -0.15) is 0 Å². The van der Waals surface area contributed by atoms with Gasteiger partial charge in [0.15, 0.2) is 0 Å². The number of hydrogen-bond acceptors (Lipinski definition) is 2. The second-order valence-corrected chi connectivity index (χ2v) is 5.56. The number of halogens is 1. The van der Waals surface area contributed by atoms with Crippen LogP contribution in [0.15, 0.2) is 28.7 Å². The third-order valence-corrected chi connectivity index (χ3v) is 4.12. The van der Waals surface area contributed by atoms with Crippen LogP contribution in [0.25, 0.3) is 11.3 Å². The quantitative estimate of drug-likeness (QED) is 0.937. The Bertz CT molecular complexity index is 585. The van der Waals surface area contributed by atoms with Crippen LogP contribution in [0.2, 0.25) is 0 Å². The van der Waals surface area contributed by atoms with Gasteiger partial charge in [0.2, 0.25) is 0 Å². The molecule has 1 aliphatic rings. The second kappa shape index (κ2) is 4.43. The monoisotopic (exact) mass is 305 g/mol. The SMILES string of the molecule is CCn1c(C2CC2)nc(-c2ccccc2Br)c1N. The van der Waals surface area contributed by atoms with E-state index in [1.807, 2.05) is 18.2 Å². The molecule has 3 rings (SSSR count). The molecule has 0 aliphatic heterocycles. The smallest absolute Gasteiger partial charge is 0.131 e. The lowest BCUT2D eigenvalue weighted by Gasteiger charge is -2.05. The van der Waals surface area contributed by atoms with Gasteiger partial charge in [0, 0.05) is 22.5 Å². The van der Waals surface area contributed by atoms with E-state index in [1.54, 1.807) is 0 Å². The fraction of sp³-hybridized carbons (Fsp3) is 0.357. The molecule has 0 radical (unpaired) electrons. The van der Waals surface area contributed by atoms with Crippen LogP contribution in [0.5, 0.6) is 0 Å². The average Bonchev–Trinajstić information content (AvgIpc) is 3.15. The van der Waals surface area contributed by atoms with Crippen LogP contribution < -0.4 is 5.73 Å². The van der Waals surface area contributed by atoms with Gasteiger partial charge in [0.05, 0.1) is 0 Å². The molecule has 0 unspecified atom stereocenters. The van der Waals surface area contributed by atoms with Gasteiger partial charge in [-0.1, -0.05) is 34.1 Å². The first-order valence-corrected chi connectivity index (χ1v) is 7.12. The first kappa shape index (κ1) is 11.8. The number of nitrogen functional groups attached to an aromatic ring is 1. The Balaban J connectivity index is 2.15. The maximum absolute atomic E-state index is 6.26. The highest BCUT2D eigenvalue weighted by atomic mass is 79.9. The van der Waals surface area contributed by atoms with Crippen molar-refractivity contribution in [2.45, 2.75) is 32.2 Å². The zero-order valence-electron chi connectivity index (χ0n) is 10.4. The molecule has 1 aliphatic carbocycles. The largest absolute Gasteiger partial charge is 0.383 e. The molecule has 2 aromatic rings. The fourth-order valence-corrected chi connectivity index (χ4v) is 2.79. The summed E-state index contributed by atoms with van der Waals surface area (Å²) >= 11 is 3.57. The Hall–Kier alpha value is -1.29. The van der Waals surface area contributed by atoms with E-state index in [9.17, 15) is 0 Å². The summed E-state index contributed by atoms with van der Waals surface area (Å²) < 4.78 is 3.19. The molecule has 2 N–H and O–H groups in total. The zero-order valence-corrected chi connectivity index (χ0v) is 11.9. The lowest BCUT2D eigenvalue weighted by Crippen LogP contribution is -2.04. The van der Waals surface area contributed by atoms with Crippen molar-refractivity contribution in [2.75, 3.05) is 5.73 Å². The first-order valence-electron chi connectivity index (χ1n) is 6.33. The van der Waals surface area contributed by atoms with Gasteiger partial charge >= 0.3 is 0 Å². The van der Waals surface area contributed by atoms with Crippen molar-refractivity contribution in [3.8, 4) is 11.3 Å². The van der Waals surface area contributed by atoms with Gasteiger partial charge in [-0.25, -0.2) is 4.98 Å². The van der Waals surface area contributed by atoms with Crippen LogP contribution in [0, 0.1) is 0 Å². The number of aromatic nitrogens is 2. The number of anilines is 1. The summed E-state index contributed by atoms with van der Waals surface area (Å²) in [6.07, 6.45) is 2.48. The molecule has 0 amide bonds. The van der Waals surface area contributed by atoms with Crippen molar-refractivity contribution in [2.24, 2.45) is 0 Å². The van der Waals surface area contributed by atoms with Crippen LogP contribution in [-0.2, 0) is 6.54 Å². The molecule has 0 saturated heterocycles. The molecule has 94 valence electrons. The van der Waals surface area contributed by atoms with Gasteiger partial charge < -0.3 is 10.3 Å². The van der Waals surface area contributed by atoms with Gasteiger partial charge in [-0.3, -0.25) is 0 Å². The molecule has 1 fully saturated rings. The van der Waals surface area contributed by atoms with Crippen molar-refractivity contribution < 1.29 is 0 Å². The highest BCUT2D eigenvalue weighted by Gasteiger charge is 2.30. The molecular weight excluding hydrogens is 290 g/mol. The van der Waals surface area contributed by atoms with Crippen molar-refractivity contribution in [1.82, 2.24) is 9.55 Å². The summed E-state index contributed by atoms with van der Waals surface area (Å²) in [6.45, 7) is 3.00. The Kier molecular flexibility index (Phi) is 2.90. The Labute approximate surface area is 115 Å². The van der Waals surface area contributed by atoms with Gasteiger partial charge in [0.25, 0.3) is 0 Å². The molecule has 1 saturated carbocycles. The number of nitrogens with two attached hydrogens (primary N) is 1. The lowest BCUT2D eigenvalue weighted by molar-refractivity contribution is 0.708. The summed E-state index contributed by atoms with van der Waals surface area (Å²) in [5, 5.41) is 0. The molecule has 1 heterocycles. The number of benzene rings is 1. The Morgan fingerprint density at radius 2 is 2.11 bits per heavy atom. The molecule has 4 heteroatoms. The molecule has 18 heavy (non-hydrogen) atoms. The third kappa shape index (κ3) is 1.85. The molecule has 3 nitrogen and oxygen atoms in total. The van der Waals surface area contributed by atoms with E-state index in [0.29, 0.717) is 5.92 Å². The van der Waals surface area contributed by atoms with E-state index >= 15 is 0 Å². The number of rotatable bonds is 3. The van der Waals surface area contributed by atoms with E-state index in [1.165, 1.54) is 12.8 Å². The normalized spacial score (nSPS) is 15.0. The minimum Gasteiger partial charge on any atom is -0.383 e. The Morgan fingerprint density at radius 3 is 2.72 bits per heavy atom. The predicted octanol–water partition coefficient (Wildman–Crippen LogP) is 3.79.